The minimum absolute atomic E-state index is 0.0309. The fourth-order valence-corrected chi connectivity index (χ4v) is 3.49. The van der Waals surface area contributed by atoms with Gasteiger partial charge in [-0.25, -0.2) is 13.4 Å². The van der Waals surface area contributed by atoms with E-state index >= 15 is 0 Å². The van der Waals surface area contributed by atoms with Crippen LogP contribution in [0.3, 0.4) is 0 Å². The minimum atomic E-state index is -3.49. The number of hydrogen-bond acceptors (Lipinski definition) is 5. The van der Waals surface area contributed by atoms with E-state index in [2.05, 4.69) is 10.3 Å². The third-order valence-electron chi connectivity index (χ3n) is 3.60. The lowest BCUT2D eigenvalue weighted by molar-refractivity contribution is 0.102. The van der Waals surface area contributed by atoms with Gasteiger partial charge in [0.25, 0.3) is 5.91 Å². The molecule has 0 radical (unpaired) electrons. The van der Waals surface area contributed by atoms with Crippen LogP contribution in [-0.4, -0.2) is 25.1 Å². The molecule has 0 saturated carbocycles. The zero-order valence-electron chi connectivity index (χ0n) is 13.2. The van der Waals surface area contributed by atoms with Crippen LogP contribution in [0, 0.1) is 6.92 Å². The maximum absolute atomic E-state index is 12.5. The number of benzene rings is 2. The largest absolute Gasteiger partial charge is 0.441 e. The molecule has 0 aliphatic carbocycles. The van der Waals surface area contributed by atoms with Crippen molar-refractivity contribution in [1.29, 1.82) is 0 Å². The van der Waals surface area contributed by atoms with Crippen LogP contribution in [0.5, 0.6) is 0 Å². The minimum Gasteiger partial charge on any atom is -0.441 e. The van der Waals surface area contributed by atoms with Gasteiger partial charge in [0, 0.05) is 12.6 Å². The maximum Gasteiger partial charge on any atom is 0.256 e. The fourth-order valence-electron chi connectivity index (χ4n) is 2.40. The Bertz CT molecular complexity index is 1020. The number of nitrogens with zero attached hydrogens (tertiary/aromatic N) is 1. The third kappa shape index (κ3) is 3.03. The highest BCUT2D eigenvalue weighted by atomic mass is 32.2. The van der Waals surface area contributed by atoms with Gasteiger partial charge in [-0.2, -0.15) is 0 Å². The van der Waals surface area contributed by atoms with Gasteiger partial charge in [0.15, 0.2) is 21.3 Å². The normalized spacial score (nSPS) is 11.6. The molecule has 24 heavy (non-hydrogen) atoms. The topological polar surface area (TPSA) is 89.3 Å². The average Bonchev–Trinajstić information content (AvgIpc) is 2.94. The number of carbonyl (C=O) groups is 1. The summed E-state index contributed by atoms with van der Waals surface area (Å²) in [5, 5.41) is 2.71. The molecule has 3 rings (SSSR count). The first-order valence-corrected chi connectivity index (χ1v) is 9.06. The van der Waals surface area contributed by atoms with Crippen molar-refractivity contribution in [3.8, 4) is 0 Å². The van der Waals surface area contributed by atoms with Crippen molar-refractivity contribution in [1.82, 2.24) is 4.98 Å². The number of aryl methyl sites for hydroxylation is 1. The van der Waals surface area contributed by atoms with Gasteiger partial charge in [-0.15, -0.1) is 0 Å². The molecular formula is C17H16N2O4S. The Morgan fingerprint density at radius 3 is 2.71 bits per heavy atom. The van der Waals surface area contributed by atoms with Crippen molar-refractivity contribution in [3.63, 3.8) is 0 Å². The van der Waals surface area contributed by atoms with Gasteiger partial charge in [0.1, 0.15) is 5.52 Å². The highest BCUT2D eigenvalue weighted by Crippen LogP contribution is 2.22. The summed E-state index contributed by atoms with van der Waals surface area (Å²) in [6, 6.07) is 11.2. The van der Waals surface area contributed by atoms with E-state index in [1.807, 2.05) is 0 Å². The predicted octanol–water partition coefficient (Wildman–Crippen LogP) is 3.18. The average molecular weight is 344 g/mol. The van der Waals surface area contributed by atoms with Crippen molar-refractivity contribution in [2.75, 3.05) is 11.1 Å². The second kappa shape index (κ2) is 6.09. The number of rotatable bonds is 4. The number of hydrogen-bond donors (Lipinski definition) is 1. The summed E-state index contributed by atoms with van der Waals surface area (Å²) in [6.07, 6.45) is 0. The molecule has 7 heteroatoms. The van der Waals surface area contributed by atoms with E-state index in [0.717, 1.165) is 0 Å². The summed E-state index contributed by atoms with van der Waals surface area (Å²) >= 11 is 0. The number of oxazole rings is 1. The third-order valence-corrected chi connectivity index (χ3v) is 5.39. The zero-order chi connectivity index (χ0) is 17.3. The molecule has 0 atom stereocenters. The summed E-state index contributed by atoms with van der Waals surface area (Å²) in [5.41, 5.74) is 1.89. The number of carbonyl (C=O) groups excluding carboxylic acids is 1. The Balaban J connectivity index is 1.95. The smallest absolute Gasteiger partial charge is 0.256 e. The molecule has 0 fully saturated rings. The van der Waals surface area contributed by atoms with E-state index in [1.165, 1.54) is 12.1 Å². The summed E-state index contributed by atoms with van der Waals surface area (Å²) in [5.74, 6) is -0.0170. The summed E-state index contributed by atoms with van der Waals surface area (Å²) in [7, 11) is -3.49. The highest BCUT2D eigenvalue weighted by Gasteiger charge is 2.20. The van der Waals surface area contributed by atoms with Crippen LogP contribution >= 0.6 is 0 Å². The molecule has 0 spiro atoms. The number of sulfone groups is 1. The fraction of sp³-hybridized carbons (Fsp3) is 0.176. The number of amides is 1. The van der Waals surface area contributed by atoms with Gasteiger partial charge in [0.2, 0.25) is 0 Å². The molecule has 0 saturated heterocycles. The molecule has 0 aliphatic rings. The first kappa shape index (κ1) is 16.2. The Morgan fingerprint density at radius 1 is 1.21 bits per heavy atom. The monoisotopic (exact) mass is 344 g/mol. The van der Waals surface area contributed by atoms with Gasteiger partial charge in [-0.3, -0.25) is 4.79 Å². The molecule has 1 N–H and O–H groups in total. The van der Waals surface area contributed by atoms with Crippen LogP contribution in [0.4, 0.5) is 5.69 Å². The van der Waals surface area contributed by atoms with Crippen LogP contribution in [0.25, 0.3) is 11.1 Å². The molecule has 0 unspecified atom stereocenters. The Labute approximate surface area is 139 Å². The Hall–Kier alpha value is -2.67. The van der Waals surface area contributed by atoms with E-state index in [1.54, 1.807) is 44.2 Å². The van der Waals surface area contributed by atoms with Crippen LogP contribution in [-0.2, 0) is 9.84 Å². The molecule has 1 amide bonds. The lowest BCUT2D eigenvalue weighted by atomic mass is 10.2. The first-order chi connectivity index (χ1) is 11.4. The number of aromatic nitrogens is 1. The maximum atomic E-state index is 12.5. The van der Waals surface area contributed by atoms with E-state index in [4.69, 9.17) is 4.42 Å². The van der Waals surface area contributed by atoms with Crippen LogP contribution in [0.2, 0.25) is 0 Å². The predicted molar refractivity (Wildman–Crippen MR) is 90.9 cm³/mol. The molecular weight excluding hydrogens is 328 g/mol. The zero-order valence-corrected chi connectivity index (χ0v) is 14.1. The molecule has 0 bridgehead atoms. The molecule has 124 valence electrons. The van der Waals surface area contributed by atoms with Crippen LogP contribution < -0.4 is 5.32 Å². The van der Waals surface area contributed by atoms with Crippen molar-refractivity contribution < 1.29 is 17.6 Å². The van der Waals surface area contributed by atoms with Gasteiger partial charge >= 0.3 is 0 Å². The second-order valence-electron chi connectivity index (χ2n) is 5.27. The number of fused-ring (bicyclic) bond motifs is 1. The summed E-state index contributed by atoms with van der Waals surface area (Å²) < 4.78 is 29.7. The van der Waals surface area contributed by atoms with E-state index in [9.17, 15) is 13.2 Å². The first-order valence-electron chi connectivity index (χ1n) is 7.41. The van der Waals surface area contributed by atoms with Gasteiger partial charge in [0.05, 0.1) is 16.2 Å². The molecule has 1 aromatic heterocycles. The van der Waals surface area contributed by atoms with Crippen LogP contribution in [0.1, 0.15) is 23.2 Å². The van der Waals surface area contributed by atoms with Crippen molar-refractivity contribution in [2.24, 2.45) is 0 Å². The van der Waals surface area contributed by atoms with Gasteiger partial charge < -0.3 is 9.73 Å². The number of anilines is 1. The quantitative estimate of drug-likeness (QED) is 0.785. The van der Waals surface area contributed by atoms with Crippen molar-refractivity contribution in [2.45, 2.75) is 18.7 Å². The van der Waals surface area contributed by atoms with E-state index in [-0.39, 0.29) is 16.2 Å². The molecule has 6 nitrogen and oxygen atoms in total. The second-order valence-corrected chi connectivity index (χ2v) is 7.52. The SMILES string of the molecule is CCS(=O)(=O)c1ccccc1C(=O)Nc1ccc2oc(C)nc2c1. The molecule has 1 heterocycles. The summed E-state index contributed by atoms with van der Waals surface area (Å²) in [6.45, 7) is 3.29. The van der Waals surface area contributed by atoms with Crippen LogP contribution in [0.15, 0.2) is 51.8 Å². The number of nitrogens with one attached hydrogen (secondary N) is 1. The standard InChI is InChI=1S/C17H16N2O4S/c1-3-24(21,22)16-7-5-4-6-13(16)17(20)19-12-8-9-15-14(10-12)18-11(2)23-15/h4-10H,3H2,1-2H3,(H,19,20). The molecule has 3 aromatic rings. The molecule has 0 aliphatic heterocycles. The van der Waals surface area contributed by atoms with Gasteiger partial charge in [-0.05, 0) is 30.3 Å². The van der Waals surface area contributed by atoms with Crippen molar-refractivity contribution >= 4 is 32.5 Å². The lowest BCUT2D eigenvalue weighted by Gasteiger charge is -2.10. The van der Waals surface area contributed by atoms with E-state index in [0.29, 0.717) is 22.7 Å². The van der Waals surface area contributed by atoms with Gasteiger partial charge in [-0.1, -0.05) is 19.1 Å². The summed E-state index contributed by atoms with van der Waals surface area (Å²) in [4.78, 5) is 16.8. The highest BCUT2D eigenvalue weighted by molar-refractivity contribution is 7.91. The Kier molecular flexibility index (Phi) is 4.11. The van der Waals surface area contributed by atoms with Crippen molar-refractivity contribution in [3.05, 3.63) is 53.9 Å². The molecule has 2 aromatic carbocycles. The lowest BCUT2D eigenvalue weighted by Crippen LogP contribution is -2.17. The Morgan fingerprint density at radius 2 is 1.96 bits per heavy atom. The van der Waals surface area contributed by atoms with E-state index < -0.39 is 15.7 Å².